The third kappa shape index (κ3) is 12.6. The number of oxime groups is 1. The minimum absolute atomic E-state index is 0.0536. The van der Waals surface area contributed by atoms with Crippen molar-refractivity contribution < 1.29 is 64.8 Å². The van der Waals surface area contributed by atoms with Crippen molar-refractivity contribution >= 4 is 29.7 Å². The van der Waals surface area contributed by atoms with Gasteiger partial charge in [0.05, 0.1) is 19.4 Å². The summed E-state index contributed by atoms with van der Waals surface area (Å²) in [5, 5.41) is 85.1. The molecule has 0 aromatic rings. The Morgan fingerprint density at radius 3 is 2.38 bits per heavy atom. The van der Waals surface area contributed by atoms with Gasteiger partial charge in [-0.05, 0) is 18.6 Å². The molecule has 9 N–H and O–H groups in total. The zero-order valence-electron chi connectivity index (χ0n) is 22.7. The number of unbranched alkanes of at least 4 members (excludes halogenated alkanes) is 1. The van der Waals surface area contributed by atoms with Crippen molar-refractivity contribution in [3.63, 3.8) is 0 Å². The second-order valence-corrected chi connectivity index (χ2v) is 10.8. The summed E-state index contributed by atoms with van der Waals surface area (Å²) in [7, 11) is 0. The van der Waals surface area contributed by atoms with Crippen LogP contribution in [0.25, 0.3) is 0 Å². The Bertz CT molecular complexity index is 760. The number of Topliss-reactive ketones (excluding diaryl/α,β-unsaturated/α-hetero) is 1. The number of ketones is 1. The summed E-state index contributed by atoms with van der Waals surface area (Å²) in [6.45, 7) is 1.99. The Hall–Kier alpha value is -1.44. The van der Waals surface area contributed by atoms with E-state index in [-0.39, 0.29) is 11.7 Å². The Morgan fingerprint density at radius 1 is 1.05 bits per heavy atom. The van der Waals surface area contributed by atoms with Crippen molar-refractivity contribution in [2.45, 2.75) is 88.2 Å². The van der Waals surface area contributed by atoms with Gasteiger partial charge in [0.15, 0.2) is 12.9 Å². The van der Waals surface area contributed by atoms with Crippen LogP contribution in [-0.2, 0) is 23.9 Å². The van der Waals surface area contributed by atoms with Crippen LogP contribution in [0, 0.1) is 5.92 Å². The predicted molar refractivity (Wildman–Crippen MR) is 142 cm³/mol. The Kier molecular flexibility index (Phi) is 18.0. The van der Waals surface area contributed by atoms with E-state index in [4.69, 9.17) is 14.3 Å². The Labute approximate surface area is 237 Å². The van der Waals surface area contributed by atoms with Gasteiger partial charge in [-0.15, -0.1) is 0 Å². The number of nitrogens with one attached hydrogen (secondary N) is 1. The van der Waals surface area contributed by atoms with Gasteiger partial charge >= 0.3 is 0 Å². The van der Waals surface area contributed by atoms with Gasteiger partial charge in [0, 0.05) is 24.6 Å². The first-order valence-corrected chi connectivity index (χ1v) is 14.2. The molecular weight excluding hydrogens is 556 g/mol. The normalized spacial score (nSPS) is 26.4. The van der Waals surface area contributed by atoms with E-state index in [1.807, 2.05) is 13.8 Å². The molecule has 0 aromatic heterocycles. The number of carbonyl (C=O) groups excluding carboxylic acids is 2. The molecule has 1 aliphatic rings. The lowest BCUT2D eigenvalue weighted by Gasteiger charge is -2.42. The summed E-state index contributed by atoms with van der Waals surface area (Å²) in [5.74, 6) is 1.37. The zero-order chi connectivity index (χ0) is 30.2. The molecule has 0 saturated carbocycles. The molecule has 0 aliphatic carbocycles. The number of nitrogens with zero attached hydrogens (tertiary/aromatic N) is 1. The molecule has 0 radical (unpaired) electrons. The molecular formula is C24H44N2O13S. The zero-order valence-corrected chi connectivity index (χ0v) is 23.5. The number of amides is 1. The summed E-state index contributed by atoms with van der Waals surface area (Å²) >= 11 is 1.64. The maximum absolute atomic E-state index is 11.8. The molecule has 1 aliphatic heterocycles. The van der Waals surface area contributed by atoms with Crippen molar-refractivity contribution in [1.82, 2.24) is 5.32 Å². The smallest absolute Gasteiger partial charge is 0.260 e. The standard InChI is InChI=1S/C24H44N2O13S/c1-13(2)14(29)5-3-4-7-40-8-6-25-18(32)12-37-26-9-15(30)19(33)23(16(31)10-27)39-24-22(36)21(35)20(34)17(11-28)38-24/h9,13,15-17,19-24,27-28,30-31,33-36H,3-8,10-12H2,1-2H3,(H,25,32)/b26-9+/t15?,16?,17?,19-,20-,21+,22?,23-,24-/m1/s1. The highest BCUT2D eigenvalue weighted by Gasteiger charge is 2.46. The largest absolute Gasteiger partial charge is 0.394 e. The van der Waals surface area contributed by atoms with E-state index < -0.39 is 80.8 Å². The fourth-order valence-corrected chi connectivity index (χ4v) is 4.39. The number of hydrogen-bond acceptors (Lipinski definition) is 15. The number of hydrogen-bond donors (Lipinski definition) is 9. The van der Waals surface area contributed by atoms with Gasteiger partial charge in [0.2, 0.25) is 0 Å². The summed E-state index contributed by atoms with van der Waals surface area (Å²) in [4.78, 5) is 28.2. The number of ether oxygens (including phenoxy) is 2. The lowest BCUT2D eigenvalue weighted by molar-refractivity contribution is -0.326. The fraction of sp³-hybridized carbons (Fsp3) is 0.875. The van der Waals surface area contributed by atoms with Crippen LogP contribution < -0.4 is 5.32 Å². The van der Waals surface area contributed by atoms with Crippen LogP contribution in [0.15, 0.2) is 5.16 Å². The van der Waals surface area contributed by atoms with Crippen molar-refractivity contribution in [3.05, 3.63) is 0 Å². The summed E-state index contributed by atoms with van der Waals surface area (Å²) in [6.07, 6.45) is -12.8. The summed E-state index contributed by atoms with van der Waals surface area (Å²) < 4.78 is 10.4. The second-order valence-electron chi connectivity index (χ2n) is 9.60. The number of aliphatic hydroxyl groups excluding tert-OH is 8. The third-order valence-electron chi connectivity index (χ3n) is 6.05. The quantitative estimate of drug-likeness (QED) is 0.0374. The molecule has 1 fully saturated rings. The van der Waals surface area contributed by atoms with Gasteiger partial charge in [-0.25, -0.2) is 0 Å². The van der Waals surface area contributed by atoms with Gasteiger partial charge in [0.1, 0.15) is 54.6 Å². The molecule has 1 rings (SSSR count). The molecule has 1 saturated heterocycles. The summed E-state index contributed by atoms with van der Waals surface area (Å²) in [6, 6.07) is 0. The lowest BCUT2D eigenvalue weighted by Crippen LogP contribution is -2.61. The minimum atomic E-state index is -1.96. The molecule has 16 heteroatoms. The number of rotatable bonds is 20. The van der Waals surface area contributed by atoms with Gasteiger partial charge < -0.3 is 60.5 Å². The van der Waals surface area contributed by atoms with Crippen molar-refractivity contribution in [1.29, 1.82) is 0 Å². The van der Waals surface area contributed by atoms with E-state index in [9.17, 15) is 50.4 Å². The number of thioether (sulfide) groups is 1. The van der Waals surface area contributed by atoms with Gasteiger partial charge in [-0.1, -0.05) is 19.0 Å². The Balaban J connectivity index is 2.41. The SMILES string of the molecule is CC(C)C(=O)CCCCSCCNC(=O)CO/N=C/C(O)[C@@H](O)[C@H](O[C@H]1OC(CO)[C@@H](O)[C@H](O)C1O)C(O)CO. The van der Waals surface area contributed by atoms with Crippen LogP contribution in [0.1, 0.15) is 33.1 Å². The van der Waals surface area contributed by atoms with Crippen molar-refractivity contribution in [2.75, 3.05) is 37.9 Å². The van der Waals surface area contributed by atoms with Crippen LogP contribution in [0.4, 0.5) is 0 Å². The maximum atomic E-state index is 11.8. The van der Waals surface area contributed by atoms with E-state index in [1.165, 1.54) is 0 Å². The molecule has 9 atom stereocenters. The van der Waals surface area contributed by atoms with E-state index in [0.29, 0.717) is 24.9 Å². The van der Waals surface area contributed by atoms with E-state index in [1.54, 1.807) is 11.8 Å². The molecule has 15 nitrogen and oxygen atoms in total. The lowest BCUT2D eigenvalue weighted by atomic mass is 9.98. The molecule has 0 bridgehead atoms. The van der Waals surface area contributed by atoms with Crippen LogP contribution in [-0.4, -0.2) is 152 Å². The highest BCUT2D eigenvalue weighted by Crippen LogP contribution is 2.25. The average molecular weight is 601 g/mol. The highest BCUT2D eigenvalue weighted by molar-refractivity contribution is 7.99. The average Bonchev–Trinajstić information content (AvgIpc) is 2.93. The Morgan fingerprint density at radius 2 is 1.75 bits per heavy atom. The molecule has 4 unspecified atom stereocenters. The minimum Gasteiger partial charge on any atom is -0.394 e. The van der Waals surface area contributed by atoms with Gasteiger partial charge in [-0.2, -0.15) is 11.8 Å². The van der Waals surface area contributed by atoms with E-state index >= 15 is 0 Å². The number of carbonyl (C=O) groups is 2. The first-order valence-electron chi connectivity index (χ1n) is 13.1. The second kappa shape index (κ2) is 19.6. The van der Waals surface area contributed by atoms with Gasteiger partial charge in [0.25, 0.3) is 5.91 Å². The maximum Gasteiger partial charge on any atom is 0.260 e. The molecule has 1 heterocycles. The first kappa shape index (κ1) is 36.6. The third-order valence-corrected chi connectivity index (χ3v) is 7.12. The van der Waals surface area contributed by atoms with E-state index in [2.05, 4.69) is 10.5 Å². The van der Waals surface area contributed by atoms with Crippen LogP contribution >= 0.6 is 11.8 Å². The van der Waals surface area contributed by atoms with Crippen LogP contribution in [0.5, 0.6) is 0 Å². The molecule has 40 heavy (non-hydrogen) atoms. The molecule has 0 spiro atoms. The topological polar surface area (TPSA) is 248 Å². The predicted octanol–water partition coefficient (Wildman–Crippen LogP) is -3.51. The van der Waals surface area contributed by atoms with Crippen LogP contribution in [0.3, 0.4) is 0 Å². The van der Waals surface area contributed by atoms with Gasteiger partial charge in [-0.3, -0.25) is 9.59 Å². The molecule has 234 valence electrons. The van der Waals surface area contributed by atoms with Crippen LogP contribution in [0.2, 0.25) is 0 Å². The van der Waals surface area contributed by atoms with Crippen molar-refractivity contribution in [2.24, 2.45) is 11.1 Å². The monoisotopic (exact) mass is 600 g/mol. The first-order chi connectivity index (χ1) is 18.9. The van der Waals surface area contributed by atoms with E-state index in [0.717, 1.165) is 18.6 Å². The summed E-state index contributed by atoms with van der Waals surface area (Å²) in [5.41, 5.74) is 0. The van der Waals surface area contributed by atoms with Crippen molar-refractivity contribution in [3.8, 4) is 0 Å². The molecule has 1 amide bonds. The molecule has 0 aromatic carbocycles. The number of aliphatic hydroxyl groups is 8. The highest BCUT2D eigenvalue weighted by atomic mass is 32.2. The fourth-order valence-electron chi connectivity index (χ4n) is 3.53.